The molecule has 5 rings (SSSR count). The predicted molar refractivity (Wildman–Crippen MR) is 134 cm³/mol. The van der Waals surface area contributed by atoms with Gasteiger partial charge in [-0.25, -0.2) is 14.2 Å². The van der Waals surface area contributed by atoms with Gasteiger partial charge in [0.05, 0.1) is 18.9 Å². The van der Waals surface area contributed by atoms with Crippen molar-refractivity contribution >= 4 is 29.6 Å². The molecule has 0 aliphatic carbocycles. The summed E-state index contributed by atoms with van der Waals surface area (Å²) in [5.41, 5.74) is 9.72. The van der Waals surface area contributed by atoms with Crippen molar-refractivity contribution in [2.75, 3.05) is 43.5 Å². The lowest BCUT2D eigenvalue weighted by Crippen LogP contribution is -2.45. The Bertz CT molecular complexity index is 1210. The number of hydrogen-bond donors (Lipinski definition) is 3. The van der Waals surface area contributed by atoms with Crippen LogP contribution in [0.2, 0.25) is 0 Å². The number of ether oxygens (including phenoxy) is 1. The number of morpholine rings is 1. The second-order valence-corrected chi connectivity index (χ2v) is 8.83. The van der Waals surface area contributed by atoms with Crippen molar-refractivity contribution in [2.24, 2.45) is 15.8 Å². The molecule has 0 aromatic heterocycles. The zero-order chi connectivity index (χ0) is 24.4. The van der Waals surface area contributed by atoms with Crippen LogP contribution in [0, 0.1) is 12.7 Å². The number of carbonyl (C=O) groups excluding carboxylic acids is 1. The predicted octanol–water partition coefficient (Wildman–Crippen LogP) is 3.08. The van der Waals surface area contributed by atoms with Crippen LogP contribution < -0.4 is 16.4 Å². The third kappa shape index (κ3) is 5.03. The van der Waals surface area contributed by atoms with E-state index in [0.717, 1.165) is 29.9 Å². The number of amidine groups is 1. The lowest BCUT2D eigenvalue weighted by Gasteiger charge is -2.32. The Morgan fingerprint density at radius 1 is 1.20 bits per heavy atom. The molecule has 10 heteroatoms. The molecule has 2 atom stereocenters. The lowest BCUT2D eigenvalue weighted by atomic mass is 9.92. The van der Waals surface area contributed by atoms with Crippen molar-refractivity contribution < 1.29 is 13.9 Å². The van der Waals surface area contributed by atoms with E-state index in [1.165, 1.54) is 12.4 Å². The van der Waals surface area contributed by atoms with Crippen molar-refractivity contribution in [3.05, 3.63) is 71.2 Å². The SMILES string of the molecule is Cc1cccc(NC(=O)Nc2ccc(C3C=C(CN4CCOCC4)N4N=CN=C(N)C34)cc2F)c1. The summed E-state index contributed by atoms with van der Waals surface area (Å²) < 4.78 is 20.5. The second kappa shape index (κ2) is 9.85. The second-order valence-electron chi connectivity index (χ2n) is 8.83. The minimum atomic E-state index is -0.529. The number of urea groups is 1. The highest BCUT2D eigenvalue weighted by Gasteiger charge is 2.40. The van der Waals surface area contributed by atoms with Gasteiger partial charge in [0.2, 0.25) is 0 Å². The van der Waals surface area contributed by atoms with E-state index in [4.69, 9.17) is 10.5 Å². The Labute approximate surface area is 203 Å². The molecule has 3 heterocycles. The van der Waals surface area contributed by atoms with Gasteiger partial charge in [-0.05, 0) is 42.3 Å². The van der Waals surface area contributed by atoms with Crippen LogP contribution in [-0.2, 0) is 4.74 Å². The van der Waals surface area contributed by atoms with E-state index < -0.39 is 11.8 Å². The van der Waals surface area contributed by atoms with Gasteiger partial charge in [-0.3, -0.25) is 9.91 Å². The van der Waals surface area contributed by atoms with Crippen molar-refractivity contribution in [3.63, 3.8) is 0 Å². The molecule has 182 valence electrons. The standard InChI is InChI=1S/C25H28FN7O2/c1-16-3-2-4-18(11-16)30-25(34)31-22-6-5-17(12-21(22)26)20-13-19(14-32-7-9-35-10-8-32)33-23(20)24(27)28-15-29-33/h2-6,11-13,15,20,23H,7-10,14H2,1H3,(H2,27,28,29)(H2,30,31,34). The zero-order valence-electron chi connectivity index (χ0n) is 19.4. The van der Waals surface area contributed by atoms with Gasteiger partial charge >= 0.3 is 6.03 Å². The maximum atomic E-state index is 15.1. The molecule has 2 amide bonds. The van der Waals surface area contributed by atoms with Gasteiger partial charge in [-0.2, -0.15) is 5.10 Å². The zero-order valence-corrected chi connectivity index (χ0v) is 19.4. The number of hydrogen-bond acceptors (Lipinski definition) is 7. The fraction of sp³-hybridized carbons (Fsp3) is 0.320. The molecule has 4 N–H and O–H groups in total. The third-order valence-electron chi connectivity index (χ3n) is 6.35. The Morgan fingerprint density at radius 3 is 2.80 bits per heavy atom. The van der Waals surface area contributed by atoms with Gasteiger partial charge in [-0.1, -0.05) is 24.3 Å². The number of anilines is 2. The van der Waals surface area contributed by atoms with Gasteiger partial charge in [0.25, 0.3) is 0 Å². The fourth-order valence-electron chi connectivity index (χ4n) is 4.62. The van der Waals surface area contributed by atoms with Crippen molar-refractivity contribution in [3.8, 4) is 0 Å². The van der Waals surface area contributed by atoms with Crippen LogP contribution in [0.4, 0.5) is 20.6 Å². The Hall–Kier alpha value is -3.76. The normalized spacial score (nSPS) is 21.8. The summed E-state index contributed by atoms with van der Waals surface area (Å²) in [6, 6.07) is 11.4. The van der Waals surface area contributed by atoms with Crippen LogP contribution in [0.15, 0.2) is 64.3 Å². The summed E-state index contributed by atoms with van der Waals surface area (Å²) >= 11 is 0. The van der Waals surface area contributed by atoms with E-state index in [1.807, 2.05) is 30.1 Å². The number of hydrazone groups is 1. The summed E-state index contributed by atoms with van der Waals surface area (Å²) in [6.07, 6.45) is 3.53. The maximum absolute atomic E-state index is 15.1. The Kier molecular flexibility index (Phi) is 6.47. The minimum Gasteiger partial charge on any atom is -0.385 e. The maximum Gasteiger partial charge on any atom is 0.323 e. The van der Waals surface area contributed by atoms with Crippen LogP contribution in [0.25, 0.3) is 0 Å². The van der Waals surface area contributed by atoms with Crippen LogP contribution in [-0.4, -0.2) is 67.0 Å². The summed E-state index contributed by atoms with van der Waals surface area (Å²) in [5, 5.41) is 11.6. The molecule has 3 aliphatic heterocycles. The van der Waals surface area contributed by atoms with Crippen LogP contribution >= 0.6 is 0 Å². The Morgan fingerprint density at radius 2 is 2.03 bits per heavy atom. The number of aryl methyl sites for hydroxylation is 1. The summed E-state index contributed by atoms with van der Waals surface area (Å²) in [4.78, 5) is 18.9. The van der Waals surface area contributed by atoms with Crippen LogP contribution in [0.5, 0.6) is 0 Å². The van der Waals surface area contributed by atoms with Crippen molar-refractivity contribution in [2.45, 2.75) is 18.9 Å². The van der Waals surface area contributed by atoms with Gasteiger partial charge in [0.15, 0.2) is 0 Å². The topological polar surface area (TPSA) is 108 Å². The van der Waals surface area contributed by atoms with E-state index in [2.05, 4.69) is 31.7 Å². The number of nitrogens with two attached hydrogens (primary N) is 1. The molecular formula is C25H28FN7O2. The number of nitrogens with one attached hydrogen (secondary N) is 2. The Balaban J connectivity index is 1.33. The van der Waals surface area contributed by atoms with Gasteiger partial charge in [0.1, 0.15) is 24.0 Å². The number of halogens is 1. The molecule has 0 saturated carbocycles. The number of fused-ring (bicyclic) bond motifs is 1. The number of aliphatic imine (C=N–C) groups is 1. The average molecular weight is 478 g/mol. The largest absolute Gasteiger partial charge is 0.385 e. The molecule has 1 fully saturated rings. The highest BCUT2D eigenvalue weighted by atomic mass is 19.1. The van der Waals surface area contributed by atoms with Gasteiger partial charge in [0, 0.05) is 36.9 Å². The van der Waals surface area contributed by atoms with Crippen molar-refractivity contribution in [1.82, 2.24) is 9.91 Å². The first-order chi connectivity index (χ1) is 17.0. The van der Waals surface area contributed by atoms with E-state index in [1.54, 1.807) is 18.2 Å². The summed E-state index contributed by atoms with van der Waals surface area (Å²) in [6.45, 7) is 5.71. The minimum absolute atomic E-state index is 0.0922. The first-order valence-electron chi connectivity index (χ1n) is 11.6. The molecule has 2 aromatic rings. The highest BCUT2D eigenvalue weighted by molar-refractivity contribution is 6.00. The van der Waals surface area contributed by atoms with E-state index in [-0.39, 0.29) is 17.6 Å². The first-order valence-corrected chi connectivity index (χ1v) is 11.6. The monoisotopic (exact) mass is 477 g/mol. The quantitative estimate of drug-likeness (QED) is 0.614. The molecule has 9 nitrogen and oxygen atoms in total. The molecule has 1 saturated heterocycles. The molecular weight excluding hydrogens is 449 g/mol. The summed E-state index contributed by atoms with van der Waals surface area (Å²) in [7, 11) is 0. The van der Waals surface area contributed by atoms with Crippen LogP contribution in [0.1, 0.15) is 17.0 Å². The smallest absolute Gasteiger partial charge is 0.323 e. The van der Waals surface area contributed by atoms with E-state index in [9.17, 15) is 4.79 Å². The number of amides is 2. The molecule has 35 heavy (non-hydrogen) atoms. The highest BCUT2D eigenvalue weighted by Crippen LogP contribution is 2.37. The van der Waals surface area contributed by atoms with Crippen molar-refractivity contribution in [1.29, 1.82) is 0 Å². The van der Waals surface area contributed by atoms with Gasteiger partial charge < -0.3 is 21.1 Å². The molecule has 0 radical (unpaired) electrons. The third-order valence-corrected chi connectivity index (χ3v) is 6.35. The summed E-state index contributed by atoms with van der Waals surface area (Å²) in [5.74, 6) is -0.325. The van der Waals surface area contributed by atoms with E-state index >= 15 is 4.39 Å². The fourth-order valence-corrected chi connectivity index (χ4v) is 4.62. The molecule has 2 unspecified atom stereocenters. The number of rotatable bonds is 5. The molecule has 3 aliphatic rings. The first kappa shape index (κ1) is 23.0. The molecule has 2 aromatic carbocycles. The lowest BCUT2D eigenvalue weighted by molar-refractivity contribution is 0.0393. The molecule has 0 spiro atoms. The van der Waals surface area contributed by atoms with Crippen LogP contribution in [0.3, 0.4) is 0 Å². The van der Waals surface area contributed by atoms with E-state index in [0.29, 0.717) is 31.3 Å². The number of nitrogens with zero attached hydrogens (tertiary/aromatic N) is 4. The molecule has 0 bridgehead atoms. The number of carbonyl (C=O) groups is 1. The average Bonchev–Trinajstić information content (AvgIpc) is 3.20. The van der Waals surface area contributed by atoms with Gasteiger partial charge in [-0.15, -0.1) is 0 Å². The number of benzene rings is 2.